The number of rotatable bonds is 3. The fourth-order valence-electron chi connectivity index (χ4n) is 3.60. The third kappa shape index (κ3) is 2.90. The van der Waals surface area contributed by atoms with Crippen molar-refractivity contribution in [3.63, 3.8) is 0 Å². The fourth-order valence-corrected chi connectivity index (χ4v) is 3.60. The van der Waals surface area contributed by atoms with Crippen molar-refractivity contribution >= 4 is 22.5 Å². The second kappa shape index (κ2) is 6.67. The van der Waals surface area contributed by atoms with Crippen molar-refractivity contribution in [3.05, 3.63) is 30.0 Å². The van der Waals surface area contributed by atoms with Crippen LogP contribution in [-0.4, -0.2) is 49.1 Å². The lowest BCUT2D eigenvalue weighted by Crippen LogP contribution is -2.45. The van der Waals surface area contributed by atoms with E-state index in [-0.39, 0.29) is 5.91 Å². The minimum atomic E-state index is 0.142. The summed E-state index contributed by atoms with van der Waals surface area (Å²) < 4.78 is 5.46. The number of aryl methyl sites for hydroxylation is 1. The minimum absolute atomic E-state index is 0.142. The van der Waals surface area contributed by atoms with Crippen LogP contribution in [0, 0.1) is 6.92 Å². The van der Waals surface area contributed by atoms with Gasteiger partial charge in [0.2, 0.25) is 5.91 Å². The average molecular weight is 327 g/mol. The number of fused-ring (bicyclic) bond motifs is 1. The van der Waals surface area contributed by atoms with E-state index in [1.807, 2.05) is 30.3 Å². The molecule has 1 fully saturated rings. The zero-order chi connectivity index (χ0) is 17.3. The lowest BCUT2D eigenvalue weighted by molar-refractivity contribution is -0.129. The Bertz CT molecular complexity index is 752. The van der Waals surface area contributed by atoms with Crippen molar-refractivity contribution in [2.45, 2.75) is 32.7 Å². The molecule has 24 heavy (non-hydrogen) atoms. The Morgan fingerprint density at radius 3 is 2.67 bits per heavy atom. The number of anilines is 1. The summed E-state index contributed by atoms with van der Waals surface area (Å²) in [4.78, 5) is 20.4. The molecular weight excluding hydrogens is 302 g/mol. The monoisotopic (exact) mass is 327 g/mol. The summed E-state index contributed by atoms with van der Waals surface area (Å²) in [7, 11) is 3.58. The van der Waals surface area contributed by atoms with Gasteiger partial charge in [0, 0.05) is 44.7 Å². The number of carbonyl (C=O) groups excluding carboxylic acids is 1. The summed E-state index contributed by atoms with van der Waals surface area (Å²) in [6, 6.07) is 6.41. The van der Waals surface area contributed by atoms with E-state index >= 15 is 0 Å². The van der Waals surface area contributed by atoms with E-state index in [0.29, 0.717) is 6.04 Å². The first-order chi connectivity index (χ1) is 11.5. The van der Waals surface area contributed by atoms with Gasteiger partial charge in [-0.05, 0) is 31.4 Å². The Morgan fingerprint density at radius 1 is 1.33 bits per heavy atom. The lowest BCUT2D eigenvalue weighted by atomic mass is 10.0. The van der Waals surface area contributed by atoms with Gasteiger partial charge in [-0.2, -0.15) is 0 Å². The second-order valence-electron chi connectivity index (χ2n) is 6.49. The smallest absolute Gasteiger partial charge is 0.219 e. The van der Waals surface area contributed by atoms with Crippen LogP contribution in [0.25, 0.3) is 10.9 Å². The molecule has 1 amide bonds. The summed E-state index contributed by atoms with van der Waals surface area (Å²) in [6.45, 7) is 5.63. The van der Waals surface area contributed by atoms with Crippen LogP contribution < -0.4 is 9.64 Å². The zero-order valence-corrected chi connectivity index (χ0v) is 14.9. The van der Waals surface area contributed by atoms with Crippen molar-refractivity contribution in [1.82, 2.24) is 9.88 Å². The molecule has 128 valence electrons. The van der Waals surface area contributed by atoms with E-state index in [4.69, 9.17) is 4.74 Å². The standard InChI is InChI=1S/C19H25N3O2/c1-13-12-20-18-16(6-5-7-17(18)24-4)19(13)22-10-8-15(9-11-22)21(3)14(2)23/h5-7,12,15H,8-11H2,1-4H3. The first-order valence-corrected chi connectivity index (χ1v) is 8.43. The van der Waals surface area contributed by atoms with Crippen molar-refractivity contribution < 1.29 is 9.53 Å². The van der Waals surface area contributed by atoms with Crippen molar-refractivity contribution in [2.24, 2.45) is 0 Å². The maximum Gasteiger partial charge on any atom is 0.219 e. The first-order valence-electron chi connectivity index (χ1n) is 8.43. The van der Waals surface area contributed by atoms with Crippen LogP contribution in [0.4, 0.5) is 5.69 Å². The van der Waals surface area contributed by atoms with Gasteiger partial charge in [-0.25, -0.2) is 0 Å². The lowest BCUT2D eigenvalue weighted by Gasteiger charge is -2.38. The van der Waals surface area contributed by atoms with Gasteiger partial charge in [0.1, 0.15) is 11.3 Å². The van der Waals surface area contributed by atoms with Crippen LogP contribution in [-0.2, 0) is 4.79 Å². The molecule has 0 aliphatic carbocycles. The third-order valence-electron chi connectivity index (χ3n) is 5.06. The van der Waals surface area contributed by atoms with Gasteiger partial charge in [-0.3, -0.25) is 9.78 Å². The van der Waals surface area contributed by atoms with E-state index in [9.17, 15) is 4.79 Å². The number of aromatic nitrogens is 1. The summed E-state index contributed by atoms with van der Waals surface area (Å²) in [5.74, 6) is 0.948. The Hall–Kier alpha value is -2.30. The molecule has 0 N–H and O–H groups in total. The van der Waals surface area contributed by atoms with E-state index < -0.39 is 0 Å². The van der Waals surface area contributed by atoms with E-state index in [0.717, 1.165) is 42.6 Å². The third-order valence-corrected chi connectivity index (χ3v) is 5.06. The molecule has 3 rings (SSSR count). The zero-order valence-electron chi connectivity index (χ0n) is 14.9. The number of piperidine rings is 1. The molecule has 5 nitrogen and oxygen atoms in total. The highest BCUT2D eigenvalue weighted by Crippen LogP contribution is 2.35. The van der Waals surface area contributed by atoms with Crippen LogP contribution >= 0.6 is 0 Å². The number of benzene rings is 1. The number of para-hydroxylation sites is 1. The molecule has 0 radical (unpaired) electrons. The predicted molar refractivity (Wildman–Crippen MR) is 96.7 cm³/mol. The molecule has 1 aromatic heterocycles. The highest BCUT2D eigenvalue weighted by Gasteiger charge is 2.25. The van der Waals surface area contributed by atoms with E-state index in [2.05, 4.69) is 22.9 Å². The Kier molecular flexibility index (Phi) is 4.60. The number of carbonyl (C=O) groups is 1. The maximum atomic E-state index is 11.6. The summed E-state index contributed by atoms with van der Waals surface area (Å²) in [6.07, 6.45) is 3.90. The van der Waals surface area contributed by atoms with Gasteiger partial charge in [-0.15, -0.1) is 0 Å². The normalized spacial score (nSPS) is 15.6. The quantitative estimate of drug-likeness (QED) is 0.869. The Balaban J connectivity index is 1.91. The van der Waals surface area contributed by atoms with Crippen LogP contribution in [0.1, 0.15) is 25.3 Å². The molecule has 2 aromatic rings. The molecule has 0 bridgehead atoms. The molecule has 1 saturated heterocycles. The largest absolute Gasteiger partial charge is 0.494 e. The van der Waals surface area contributed by atoms with Crippen LogP contribution in [0.3, 0.4) is 0 Å². The van der Waals surface area contributed by atoms with Gasteiger partial charge < -0.3 is 14.5 Å². The van der Waals surface area contributed by atoms with Gasteiger partial charge >= 0.3 is 0 Å². The minimum Gasteiger partial charge on any atom is -0.494 e. The number of nitrogens with zero attached hydrogens (tertiary/aromatic N) is 3. The fraction of sp³-hybridized carbons (Fsp3) is 0.474. The number of pyridine rings is 1. The van der Waals surface area contributed by atoms with Crippen molar-refractivity contribution in [2.75, 3.05) is 32.1 Å². The summed E-state index contributed by atoms with van der Waals surface area (Å²) in [5.41, 5.74) is 3.32. The molecule has 0 spiro atoms. The van der Waals surface area contributed by atoms with Crippen molar-refractivity contribution in [1.29, 1.82) is 0 Å². The average Bonchev–Trinajstić information content (AvgIpc) is 2.60. The SMILES string of the molecule is COc1cccc2c(N3CCC(N(C)C(C)=O)CC3)c(C)cnc12. The van der Waals surface area contributed by atoms with Gasteiger partial charge in [-0.1, -0.05) is 12.1 Å². The Morgan fingerprint density at radius 2 is 2.04 bits per heavy atom. The molecular formula is C19H25N3O2. The molecule has 1 aliphatic heterocycles. The van der Waals surface area contributed by atoms with E-state index in [1.165, 1.54) is 11.3 Å². The number of methoxy groups -OCH3 is 1. The maximum absolute atomic E-state index is 11.6. The molecule has 1 aliphatic rings. The summed E-state index contributed by atoms with van der Waals surface area (Å²) in [5, 5.41) is 1.13. The number of hydrogen-bond donors (Lipinski definition) is 0. The molecule has 0 saturated carbocycles. The Labute approximate surface area is 143 Å². The number of hydrogen-bond acceptors (Lipinski definition) is 4. The highest BCUT2D eigenvalue weighted by atomic mass is 16.5. The number of amides is 1. The van der Waals surface area contributed by atoms with E-state index in [1.54, 1.807) is 14.0 Å². The van der Waals surface area contributed by atoms with Crippen molar-refractivity contribution in [3.8, 4) is 5.75 Å². The molecule has 1 aromatic carbocycles. The van der Waals surface area contributed by atoms with Gasteiger partial charge in [0.15, 0.2) is 0 Å². The van der Waals surface area contributed by atoms with Crippen LogP contribution in [0.15, 0.2) is 24.4 Å². The molecule has 0 unspecified atom stereocenters. The van der Waals surface area contributed by atoms with Crippen LogP contribution in [0.2, 0.25) is 0 Å². The molecule has 2 heterocycles. The molecule has 0 atom stereocenters. The topological polar surface area (TPSA) is 45.7 Å². The van der Waals surface area contributed by atoms with Gasteiger partial charge in [0.25, 0.3) is 0 Å². The highest BCUT2D eigenvalue weighted by molar-refractivity contribution is 5.96. The van der Waals surface area contributed by atoms with Crippen LogP contribution in [0.5, 0.6) is 5.75 Å². The summed E-state index contributed by atoms with van der Waals surface area (Å²) >= 11 is 0. The number of ether oxygens (including phenoxy) is 1. The second-order valence-corrected chi connectivity index (χ2v) is 6.49. The first kappa shape index (κ1) is 16.6. The van der Waals surface area contributed by atoms with Gasteiger partial charge in [0.05, 0.1) is 12.8 Å². The predicted octanol–water partition coefficient (Wildman–Crippen LogP) is 3.00. The molecule has 5 heteroatoms.